The fraction of sp³-hybridized carbons (Fsp3) is 0.344. The van der Waals surface area contributed by atoms with Crippen LogP contribution in [0, 0.1) is 0 Å². The van der Waals surface area contributed by atoms with Gasteiger partial charge in [-0.25, -0.2) is 12.7 Å². The highest BCUT2D eigenvalue weighted by atomic mass is 35.5. The SMILES string of the molecule is COc1ccc(S(=O)(=O)N2C(=O)C(N[C@@H](CCC(=O)N(C)C)C(=O)N(C)C)(c3ccccc3OC)c3cc(Cl)ccc32)c(OC(F)(F)F)c1. The number of hydrogen-bond acceptors (Lipinski definition) is 9. The highest BCUT2D eigenvalue weighted by Crippen LogP contribution is 2.51. The summed E-state index contributed by atoms with van der Waals surface area (Å²) in [6, 6.07) is 11.3. The average molecular weight is 727 g/mol. The van der Waals surface area contributed by atoms with Gasteiger partial charge in [0.2, 0.25) is 11.8 Å². The van der Waals surface area contributed by atoms with Crippen molar-refractivity contribution in [3.8, 4) is 17.2 Å². The molecule has 3 aromatic rings. The van der Waals surface area contributed by atoms with Gasteiger partial charge in [-0.15, -0.1) is 13.2 Å². The molecule has 0 spiro atoms. The molecule has 1 aliphatic heterocycles. The molecule has 3 amide bonds. The van der Waals surface area contributed by atoms with Crippen LogP contribution in [-0.2, 0) is 29.9 Å². The number of nitrogens with one attached hydrogen (secondary N) is 1. The van der Waals surface area contributed by atoms with Crippen LogP contribution in [0.25, 0.3) is 0 Å². The van der Waals surface area contributed by atoms with Crippen LogP contribution in [0.1, 0.15) is 24.0 Å². The first-order valence-corrected chi connectivity index (χ1v) is 16.4. The van der Waals surface area contributed by atoms with Crippen LogP contribution < -0.4 is 23.8 Å². The summed E-state index contributed by atoms with van der Waals surface area (Å²) in [4.78, 5) is 42.9. The van der Waals surface area contributed by atoms with E-state index in [0.717, 1.165) is 25.3 Å². The van der Waals surface area contributed by atoms with Crippen LogP contribution in [-0.4, -0.2) is 90.8 Å². The van der Waals surface area contributed by atoms with Crippen molar-refractivity contribution >= 4 is 45.0 Å². The molecule has 4 rings (SSSR count). The lowest BCUT2D eigenvalue weighted by Gasteiger charge is -2.36. The zero-order valence-electron chi connectivity index (χ0n) is 27.3. The van der Waals surface area contributed by atoms with Crippen molar-refractivity contribution in [3.63, 3.8) is 0 Å². The number of carbonyl (C=O) groups excluding carboxylic acids is 3. The molecule has 0 fully saturated rings. The van der Waals surface area contributed by atoms with Crippen LogP contribution in [0.5, 0.6) is 17.2 Å². The molecule has 0 aromatic heterocycles. The molecule has 17 heteroatoms. The first-order chi connectivity index (χ1) is 22.9. The maximum Gasteiger partial charge on any atom is 0.573 e. The van der Waals surface area contributed by atoms with Gasteiger partial charge in [-0.2, -0.15) is 0 Å². The van der Waals surface area contributed by atoms with E-state index in [4.69, 9.17) is 21.1 Å². The molecular weight excluding hydrogens is 693 g/mol. The van der Waals surface area contributed by atoms with Gasteiger partial charge in [-0.3, -0.25) is 19.7 Å². The van der Waals surface area contributed by atoms with Gasteiger partial charge in [-0.05, 0) is 42.8 Å². The molecule has 3 aromatic carbocycles. The van der Waals surface area contributed by atoms with Crippen molar-refractivity contribution in [3.05, 3.63) is 76.8 Å². The van der Waals surface area contributed by atoms with Gasteiger partial charge >= 0.3 is 6.36 Å². The number of alkyl halides is 3. The van der Waals surface area contributed by atoms with Crippen LogP contribution in [0.15, 0.2) is 65.6 Å². The number of halogens is 4. The van der Waals surface area contributed by atoms with Gasteiger partial charge in [0, 0.05) is 56.8 Å². The Morgan fingerprint density at radius 1 is 0.939 bits per heavy atom. The van der Waals surface area contributed by atoms with Crippen molar-refractivity contribution in [1.82, 2.24) is 15.1 Å². The molecule has 0 bridgehead atoms. The van der Waals surface area contributed by atoms with E-state index in [1.807, 2.05) is 0 Å². The largest absolute Gasteiger partial charge is 0.573 e. The van der Waals surface area contributed by atoms with Crippen LogP contribution in [0.3, 0.4) is 0 Å². The number of hydrogen-bond donors (Lipinski definition) is 1. The summed E-state index contributed by atoms with van der Waals surface area (Å²) in [6.07, 6.45) is -5.60. The Labute approximate surface area is 286 Å². The van der Waals surface area contributed by atoms with Crippen molar-refractivity contribution in [2.24, 2.45) is 0 Å². The minimum Gasteiger partial charge on any atom is -0.497 e. The second-order valence-electron chi connectivity index (χ2n) is 11.3. The number of carbonyl (C=O) groups is 3. The molecule has 0 aliphatic carbocycles. The maximum absolute atomic E-state index is 15.1. The Bertz CT molecular complexity index is 1870. The van der Waals surface area contributed by atoms with Gasteiger partial charge in [-0.1, -0.05) is 29.8 Å². The third-order valence-electron chi connectivity index (χ3n) is 7.77. The summed E-state index contributed by atoms with van der Waals surface area (Å²) in [5.41, 5.74) is -2.53. The summed E-state index contributed by atoms with van der Waals surface area (Å²) >= 11 is 6.43. The first-order valence-electron chi connectivity index (χ1n) is 14.5. The van der Waals surface area contributed by atoms with Gasteiger partial charge in [0.15, 0.2) is 11.3 Å². The van der Waals surface area contributed by atoms with E-state index in [0.29, 0.717) is 4.31 Å². The molecule has 12 nitrogen and oxygen atoms in total. The molecular formula is C32H34ClF3N4O8S. The Morgan fingerprint density at radius 2 is 1.61 bits per heavy atom. The van der Waals surface area contributed by atoms with Crippen LogP contribution >= 0.6 is 11.6 Å². The fourth-order valence-electron chi connectivity index (χ4n) is 5.49. The van der Waals surface area contributed by atoms with E-state index in [1.54, 1.807) is 12.1 Å². The van der Waals surface area contributed by atoms with Crippen molar-refractivity contribution in [1.29, 1.82) is 0 Å². The van der Waals surface area contributed by atoms with E-state index >= 15 is 4.79 Å². The molecule has 1 unspecified atom stereocenters. The Kier molecular flexibility index (Phi) is 10.8. The summed E-state index contributed by atoms with van der Waals surface area (Å²) < 4.78 is 84.6. The lowest BCUT2D eigenvalue weighted by atomic mass is 9.82. The summed E-state index contributed by atoms with van der Waals surface area (Å²) in [7, 11) is 3.24. The molecule has 1 N–H and O–H groups in total. The maximum atomic E-state index is 15.1. The number of rotatable bonds is 12. The van der Waals surface area contributed by atoms with Crippen LogP contribution in [0.2, 0.25) is 5.02 Å². The number of nitrogens with zero attached hydrogens (tertiary/aromatic N) is 3. The lowest BCUT2D eigenvalue weighted by molar-refractivity contribution is -0.275. The quantitative estimate of drug-likeness (QED) is 0.292. The number of methoxy groups -OCH3 is 2. The van der Waals surface area contributed by atoms with Crippen LogP contribution in [0.4, 0.5) is 18.9 Å². The molecule has 0 saturated carbocycles. The first kappa shape index (κ1) is 37.3. The standard InChI is InChI=1S/C32H34ClF3N4O8S/c1-38(2)28(41)16-13-23(29(42)39(3)4)37-31(21-9-7-8-10-25(21)47-6)22-17-19(33)11-14-24(22)40(30(31)43)49(44,45)27-15-12-20(46-5)18-26(27)48-32(34,35)36/h7-12,14-15,17-18,23,37H,13,16H2,1-6H3/t23-,31?/m0/s1. The van der Waals surface area contributed by atoms with E-state index in [1.165, 1.54) is 75.4 Å². The van der Waals surface area contributed by atoms with E-state index in [-0.39, 0.29) is 52.1 Å². The third-order valence-corrected chi connectivity index (χ3v) is 9.74. The van der Waals surface area contributed by atoms with Gasteiger partial charge in [0.25, 0.3) is 15.9 Å². The Morgan fingerprint density at radius 3 is 2.20 bits per heavy atom. The smallest absolute Gasteiger partial charge is 0.497 e. The Hall–Kier alpha value is -4.54. The second-order valence-corrected chi connectivity index (χ2v) is 13.5. The predicted molar refractivity (Wildman–Crippen MR) is 173 cm³/mol. The second kappa shape index (κ2) is 14.1. The average Bonchev–Trinajstić information content (AvgIpc) is 3.28. The zero-order chi connectivity index (χ0) is 36.5. The number of fused-ring (bicyclic) bond motifs is 1. The number of sulfonamides is 1. The molecule has 2 atom stereocenters. The molecule has 0 saturated heterocycles. The number of benzene rings is 3. The van der Waals surface area contributed by atoms with Gasteiger partial charge in [0.05, 0.1) is 25.9 Å². The molecule has 264 valence electrons. The molecule has 0 radical (unpaired) electrons. The van der Waals surface area contributed by atoms with Gasteiger partial charge < -0.3 is 24.0 Å². The number of amides is 3. The number of anilines is 1. The molecule has 1 heterocycles. The normalized spacial score (nSPS) is 16.5. The van der Waals surface area contributed by atoms with E-state index in [9.17, 15) is 31.2 Å². The van der Waals surface area contributed by atoms with Crippen molar-refractivity contribution < 1.29 is 50.2 Å². The minimum absolute atomic E-state index is 0.0552. The summed E-state index contributed by atoms with van der Waals surface area (Å²) in [5.74, 6) is -3.32. The summed E-state index contributed by atoms with van der Waals surface area (Å²) in [6.45, 7) is 0. The van der Waals surface area contributed by atoms with E-state index in [2.05, 4.69) is 10.1 Å². The van der Waals surface area contributed by atoms with Crippen molar-refractivity contribution in [2.45, 2.75) is 35.7 Å². The predicted octanol–water partition coefficient (Wildman–Crippen LogP) is 4.15. The number of likely N-dealkylation sites (N-methyl/N-ethyl adjacent to an activating group) is 1. The lowest BCUT2D eigenvalue weighted by Crippen LogP contribution is -2.59. The van der Waals surface area contributed by atoms with Gasteiger partial charge in [0.1, 0.15) is 16.4 Å². The fourth-order valence-corrected chi connectivity index (χ4v) is 7.22. The monoisotopic (exact) mass is 726 g/mol. The minimum atomic E-state index is -5.32. The van der Waals surface area contributed by atoms with Crippen molar-refractivity contribution in [2.75, 3.05) is 46.7 Å². The van der Waals surface area contributed by atoms with E-state index < -0.39 is 50.4 Å². The third kappa shape index (κ3) is 7.26. The summed E-state index contributed by atoms with van der Waals surface area (Å²) in [5, 5.41) is 3.13. The highest BCUT2D eigenvalue weighted by Gasteiger charge is 2.59. The molecule has 1 aliphatic rings. The zero-order valence-corrected chi connectivity index (χ0v) is 28.9. The number of ether oxygens (including phenoxy) is 3. The number of para-hydroxylation sites is 1. The Balaban J connectivity index is 2.04. The molecule has 49 heavy (non-hydrogen) atoms. The highest BCUT2D eigenvalue weighted by molar-refractivity contribution is 7.93. The topological polar surface area (TPSA) is 135 Å².